The summed E-state index contributed by atoms with van der Waals surface area (Å²) < 4.78 is 61.3. The molecule has 0 saturated heterocycles. The molecule has 0 atom stereocenters. The van der Waals surface area contributed by atoms with Crippen LogP contribution in [0, 0.1) is 5.41 Å². The van der Waals surface area contributed by atoms with Crippen LogP contribution in [0.15, 0.2) is 97.2 Å². The van der Waals surface area contributed by atoms with Crippen molar-refractivity contribution in [3.63, 3.8) is 0 Å². The molecular weight excluding hydrogens is 532 g/mol. The lowest BCUT2D eigenvalue weighted by Crippen LogP contribution is -2.21. The second kappa shape index (κ2) is 14.3. The van der Waals surface area contributed by atoms with Crippen LogP contribution in [0.4, 0.5) is 23.2 Å². The Morgan fingerprint density at radius 1 is 1.00 bits per heavy atom. The van der Waals surface area contributed by atoms with Crippen LogP contribution < -0.4 is 15.8 Å². The number of hydrogen-bond donors (Lipinski definition) is 3. The molecule has 41 heavy (non-hydrogen) atoms. The number of ether oxygens (including phenoxy) is 1. The summed E-state index contributed by atoms with van der Waals surface area (Å²) in [4.78, 5) is 1.91. The maximum atomic E-state index is 13.9. The lowest BCUT2D eigenvalue weighted by atomic mass is 9.87. The summed E-state index contributed by atoms with van der Waals surface area (Å²) in [5, 5.41) is 10.7. The summed E-state index contributed by atoms with van der Waals surface area (Å²) in [6, 6.07) is 19.2. The predicted molar refractivity (Wildman–Crippen MR) is 159 cm³/mol. The van der Waals surface area contributed by atoms with E-state index < -0.39 is 18.6 Å². The SMILES string of the molecule is C=C(/C=C/CNCCOc1ccc(/C(=C(/CC(F)(F)F)c2ccccc2)c2ccc(N)c(C(=N)F)c2)cc1)N(C)C. The van der Waals surface area contributed by atoms with E-state index >= 15 is 0 Å². The van der Waals surface area contributed by atoms with Crippen LogP contribution in [-0.4, -0.2) is 50.8 Å². The van der Waals surface area contributed by atoms with Gasteiger partial charge in [0.25, 0.3) is 0 Å². The second-order valence-electron chi connectivity index (χ2n) is 9.49. The Balaban J connectivity index is 1.91. The Morgan fingerprint density at radius 2 is 1.66 bits per heavy atom. The number of likely N-dealkylation sites (N-methyl/N-ethyl adjacent to an activating group) is 1. The highest BCUT2D eigenvalue weighted by Gasteiger charge is 2.31. The van der Waals surface area contributed by atoms with Gasteiger partial charge in [0, 0.05) is 38.6 Å². The average molecular weight is 567 g/mol. The maximum absolute atomic E-state index is 13.9. The van der Waals surface area contributed by atoms with E-state index in [1.54, 1.807) is 54.6 Å². The number of anilines is 1. The largest absolute Gasteiger partial charge is 0.492 e. The van der Waals surface area contributed by atoms with Crippen molar-refractivity contribution in [2.45, 2.75) is 12.6 Å². The zero-order chi connectivity index (χ0) is 30.0. The van der Waals surface area contributed by atoms with Crippen molar-refractivity contribution >= 4 is 22.8 Å². The molecule has 0 aliphatic carbocycles. The third-order valence-electron chi connectivity index (χ3n) is 6.22. The molecule has 0 amide bonds. The van der Waals surface area contributed by atoms with Gasteiger partial charge in [-0.2, -0.15) is 17.6 Å². The number of nitrogens with two attached hydrogens (primary N) is 1. The summed E-state index contributed by atoms with van der Waals surface area (Å²) in [5.74, 6) is -0.719. The normalized spacial score (nSPS) is 12.2. The van der Waals surface area contributed by atoms with Gasteiger partial charge in [-0.1, -0.05) is 61.2 Å². The van der Waals surface area contributed by atoms with Gasteiger partial charge in [-0.15, -0.1) is 0 Å². The maximum Gasteiger partial charge on any atom is 0.393 e. The number of hydrogen-bond acceptors (Lipinski definition) is 5. The molecule has 0 radical (unpaired) electrons. The lowest BCUT2D eigenvalue weighted by molar-refractivity contribution is -0.122. The Morgan fingerprint density at radius 3 is 2.27 bits per heavy atom. The molecular formula is C32H34F4N4O. The third kappa shape index (κ3) is 9.36. The smallest absolute Gasteiger partial charge is 0.393 e. The van der Waals surface area contributed by atoms with Crippen molar-refractivity contribution in [2.24, 2.45) is 0 Å². The number of nitrogens with zero attached hydrogens (tertiary/aromatic N) is 1. The van der Waals surface area contributed by atoms with Crippen LogP contribution in [0.25, 0.3) is 11.1 Å². The van der Waals surface area contributed by atoms with Crippen LogP contribution >= 0.6 is 0 Å². The highest BCUT2D eigenvalue weighted by Crippen LogP contribution is 2.40. The number of alkyl halides is 3. The fraction of sp³-hybridized carbons (Fsp3) is 0.219. The van der Waals surface area contributed by atoms with Gasteiger partial charge in [-0.25, -0.2) is 0 Å². The van der Waals surface area contributed by atoms with E-state index in [-0.39, 0.29) is 22.4 Å². The van der Waals surface area contributed by atoms with E-state index in [2.05, 4.69) is 11.9 Å². The van der Waals surface area contributed by atoms with E-state index in [1.807, 2.05) is 31.1 Å². The molecule has 0 heterocycles. The Bertz CT molecular complexity index is 1400. The van der Waals surface area contributed by atoms with Gasteiger partial charge in [-0.3, -0.25) is 5.41 Å². The van der Waals surface area contributed by atoms with Gasteiger partial charge < -0.3 is 20.7 Å². The number of nitrogen functional groups attached to an aromatic ring is 1. The van der Waals surface area contributed by atoms with Crippen molar-refractivity contribution in [1.82, 2.24) is 10.2 Å². The third-order valence-corrected chi connectivity index (χ3v) is 6.22. The highest BCUT2D eigenvalue weighted by atomic mass is 19.4. The summed E-state index contributed by atoms with van der Waals surface area (Å²) in [6.07, 6.45) is -1.84. The standard InChI is InChI=1S/C32H34F4N4O/c1-22(40(2)3)8-7-17-39-18-19-41-26-14-11-24(12-15-26)30(25-13-16-29(37)27(20-25)31(33)38)28(21-32(34,35)36)23-9-5-4-6-10-23/h4-16,20,38-39H,1,17-19,21,37H2,2-3H3/b8-7+,30-28+,38-31?. The molecule has 216 valence electrons. The molecule has 0 bridgehead atoms. The summed E-state index contributed by atoms with van der Waals surface area (Å²) in [7, 11) is 3.83. The first kappa shape index (κ1) is 31.2. The van der Waals surface area contributed by atoms with Gasteiger partial charge in [-0.05, 0) is 58.2 Å². The molecule has 0 aromatic heterocycles. The van der Waals surface area contributed by atoms with Crippen molar-refractivity contribution < 1.29 is 22.3 Å². The van der Waals surface area contributed by atoms with Gasteiger partial charge in [0.05, 0.1) is 12.0 Å². The average Bonchev–Trinajstić information content (AvgIpc) is 2.93. The molecule has 0 aliphatic rings. The van der Waals surface area contributed by atoms with Gasteiger partial charge >= 0.3 is 6.18 Å². The number of benzene rings is 3. The topological polar surface area (TPSA) is 74.4 Å². The van der Waals surface area contributed by atoms with Crippen molar-refractivity contribution in [3.8, 4) is 5.75 Å². The van der Waals surface area contributed by atoms with Crippen LogP contribution in [0.5, 0.6) is 5.75 Å². The minimum atomic E-state index is -4.51. The van der Waals surface area contributed by atoms with Crippen LogP contribution in [-0.2, 0) is 0 Å². The molecule has 0 fully saturated rings. The Labute approximate surface area is 238 Å². The van der Waals surface area contributed by atoms with Crippen molar-refractivity contribution in [1.29, 1.82) is 5.41 Å². The number of allylic oxidation sites excluding steroid dienone is 2. The van der Waals surface area contributed by atoms with Crippen LogP contribution in [0.2, 0.25) is 0 Å². The van der Waals surface area contributed by atoms with Crippen molar-refractivity contribution in [3.05, 3.63) is 119 Å². The first-order chi connectivity index (χ1) is 19.5. The first-order valence-corrected chi connectivity index (χ1v) is 12.9. The zero-order valence-electron chi connectivity index (χ0n) is 23.1. The fourth-order valence-electron chi connectivity index (χ4n) is 4.08. The molecule has 3 aromatic carbocycles. The summed E-state index contributed by atoms with van der Waals surface area (Å²) in [5.41, 5.74) is 8.00. The van der Waals surface area contributed by atoms with E-state index in [0.717, 1.165) is 5.70 Å². The summed E-state index contributed by atoms with van der Waals surface area (Å²) >= 11 is 0. The summed E-state index contributed by atoms with van der Waals surface area (Å²) in [6.45, 7) is 5.53. The molecule has 0 saturated carbocycles. The zero-order valence-corrected chi connectivity index (χ0v) is 23.1. The van der Waals surface area contributed by atoms with E-state index in [4.69, 9.17) is 15.9 Å². The fourth-order valence-corrected chi connectivity index (χ4v) is 4.08. The molecule has 3 rings (SSSR count). The van der Waals surface area contributed by atoms with E-state index in [1.165, 1.54) is 18.2 Å². The van der Waals surface area contributed by atoms with Crippen LogP contribution in [0.3, 0.4) is 0 Å². The minimum absolute atomic E-state index is 0.0158. The highest BCUT2D eigenvalue weighted by molar-refractivity contribution is 6.02. The monoisotopic (exact) mass is 566 g/mol. The predicted octanol–water partition coefficient (Wildman–Crippen LogP) is 7.08. The lowest BCUT2D eigenvalue weighted by Gasteiger charge is -2.20. The van der Waals surface area contributed by atoms with Gasteiger partial charge in [0.1, 0.15) is 12.4 Å². The van der Waals surface area contributed by atoms with Crippen molar-refractivity contribution in [2.75, 3.05) is 39.5 Å². The number of rotatable bonds is 13. The van der Waals surface area contributed by atoms with E-state index in [9.17, 15) is 17.6 Å². The molecule has 5 nitrogen and oxygen atoms in total. The second-order valence-corrected chi connectivity index (χ2v) is 9.49. The molecule has 0 spiro atoms. The quantitative estimate of drug-likeness (QED) is 0.0517. The molecule has 3 aromatic rings. The molecule has 0 aliphatic heterocycles. The minimum Gasteiger partial charge on any atom is -0.492 e. The Kier molecular flexibility index (Phi) is 10.9. The first-order valence-electron chi connectivity index (χ1n) is 12.9. The molecule has 4 N–H and O–H groups in total. The van der Waals surface area contributed by atoms with Crippen LogP contribution in [0.1, 0.15) is 28.7 Å². The molecule has 9 heteroatoms. The molecule has 0 unspecified atom stereocenters. The van der Waals surface area contributed by atoms with Gasteiger partial charge in [0.15, 0.2) is 0 Å². The Hall–Kier alpha value is -4.37. The number of halogens is 4. The van der Waals surface area contributed by atoms with Gasteiger partial charge in [0.2, 0.25) is 5.97 Å². The number of nitrogens with one attached hydrogen (secondary N) is 2. The van der Waals surface area contributed by atoms with E-state index in [0.29, 0.717) is 42.1 Å².